The van der Waals surface area contributed by atoms with Gasteiger partial charge in [-0.25, -0.2) is 18.9 Å². The SMILES string of the molecule is O=C(CCCCC[C@H](NS(=O)(=O)c1ccc(-c2ccccc2)cc1)C(=O)Nc1nc(-c2ccccc2)cs1)NO. The summed E-state index contributed by atoms with van der Waals surface area (Å²) >= 11 is 1.25. The van der Waals surface area contributed by atoms with Crippen molar-refractivity contribution >= 4 is 38.3 Å². The van der Waals surface area contributed by atoms with Gasteiger partial charge in [-0.05, 0) is 36.1 Å². The van der Waals surface area contributed by atoms with E-state index in [2.05, 4.69) is 15.0 Å². The van der Waals surface area contributed by atoms with Crippen LogP contribution in [0.4, 0.5) is 5.13 Å². The Morgan fingerprint density at radius 2 is 1.45 bits per heavy atom. The minimum absolute atomic E-state index is 0.0465. The van der Waals surface area contributed by atoms with Crippen LogP contribution in [-0.4, -0.2) is 36.5 Å². The number of anilines is 1. The lowest BCUT2D eigenvalue weighted by molar-refractivity contribution is -0.129. The number of benzene rings is 3. The second-order valence-electron chi connectivity index (χ2n) is 9.09. The predicted octanol–water partition coefficient (Wildman–Crippen LogP) is 5.22. The predicted molar refractivity (Wildman–Crippen MR) is 155 cm³/mol. The summed E-state index contributed by atoms with van der Waals surface area (Å²) in [5, 5.41) is 13.6. The molecule has 4 aromatic rings. The summed E-state index contributed by atoms with van der Waals surface area (Å²) in [6.45, 7) is 0. The number of carbonyl (C=O) groups is 2. The van der Waals surface area contributed by atoms with Crippen molar-refractivity contribution in [3.8, 4) is 22.4 Å². The van der Waals surface area contributed by atoms with E-state index in [1.54, 1.807) is 17.6 Å². The average molecular weight is 579 g/mol. The summed E-state index contributed by atoms with van der Waals surface area (Å²) in [5.41, 5.74) is 5.04. The van der Waals surface area contributed by atoms with Crippen molar-refractivity contribution in [1.29, 1.82) is 0 Å². The number of nitrogens with one attached hydrogen (secondary N) is 3. The van der Waals surface area contributed by atoms with Crippen LogP contribution < -0.4 is 15.5 Å². The Balaban J connectivity index is 1.46. The van der Waals surface area contributed by atoms with Crippen molar-refractivity contribution in [3.05, 3.63) is 90.3 Å². The highest BCUT2D eigenvalue weighted by Gasteiger charge is 2.26. The maximum absolute atomic E-state index is 13.3. The molecule has 0 aliphatic heterocycles. The molecule has 0 aliphatic rings. The van der Waals surface area contributed by atoms with E-state index in [4.69, 9.17) is 5.21 Å². The summed E-state index contributed by atoms with van der Waals surface area (Å²) in [7, 11) is -4.02. The van der Waals surface area contributed by atoms with Crippen molar-refractivity contribution in [1.82, 2.24) is 15.2 Å². The number of thiazole rings is 1. The molecule has 1 heterocycles. The molecule has 4 rings (SSSR count). The Labute approximate surface area is 237 Å². The minimum atomic E-state index is -4.02. The highest BCUT2D eigenvalue weighted by atomic mass is 32.2. The van der Waals surface area contributed by atoms with Gasteiger partial charge in [0.05, 0.1) is 10.6 Å². The third-order valence-electron chi connectivity index (χ3n) is 6.21. The zero-order chi connectivity index (χ0) is 28.4. The van der Waals surface area contributed by atoms with E-state index < -0.39 is 27.9 Å². The molecule has 0 saturated carbocycles. The Morgan fingerprint density at radius 3 is 2.10 bits per heavy atom. The van der Waals surface area contributed by atoms with E-state index in [9.17, 15) is 18.0 Å². The quantitative estimate of drug-likeness (QED) is 0.0975. The van der Waals surface area contributed by atoms with Crippen LogP contribution in [-0.2, 0) is 19.6 Å². The molecule has 2 amide bonds. The van der Waals surface area contributed by atoms with Crippen LogP contribution in [0.3, 0.4) is 0 Å². The summed E-state index contributed by atoms with van der Waals surface area (Å²) in [6.07, 6.45) is 1.89. The molecule has 40 heavy (non-hydrogen) atoms. The monoisotopic (exact) mass is 578 g/mol. The molecule has 11 heteroatoms. The first-order valence-corrected chi connectivity index (χ1v) is 15.1. The van der Waals surface area contributed by atoms with E-state index in [0.29, 0.717) is 30.1 Å². The lowest BCUT2D eigenvalue weighted by Gasteiger charge is -2.18. The van der Waals surface area contributed by atoms with E-state index in [-0.39, 0.29) is 17.7 Å². The van der Waals surface area contributed by atoms with Crippen molar-refractivity contribution in [2.75, 3.05) is 5.32 Å². The van der Waals surface area contributed by atoms with Crippen LogP contribution in [0.5, 0.6) is 0 Å². The highest BCUT2D eigenvalue weighted by Crippen LogP contribution is 2.25. The summed E-state index contributed by atoms with van der Waals surface area (Å²) in [6, 6.07) is 24.6. The molecule has 3 aromatic carbocycles. The molecule has 208 valence electrons. The zero-order valence-corrected chi connectivity index (χ0v) is 23.3. The fourth-order valence-electron chi connectivity index (χ4n) is 4.09. The number of amides is 2. The number of hydroxylamine groups is 1. The maximum Gasteiger partial charge on any atom is 0.244 e. The van der Waals surface area contributed by atoms with Crippen LogP contribution in [0.1, 0.15) is 32.1 Å². The first kappa shape index (κ1) is 29.1. The largest absolute Gasteiger partial charge is 0.301 e. The Kier molecular flexibility index (Phi) is 10.1. The Bertz CT molecular complexity index is 1510. The molecule has 1 atom stereocenters. The second kappa shape index (κ2) is 13.9. The molecular formula is C29H30N4O5S2. The van der Waals surface area contributed by atoms with E-state index in [1.165, 1.54) is 23.5 Å². The zero-order valence-electron chi connectivity index (χ0n) is 21.6. The molecule has 4 N–H and O–H groups in total. The van der Waals surface area contributed by atoms with E-state index in [1.807, 2.05) is 66.0 Å². The van der Waals surface area contributed by atoms with Crippen LogP contribution in [0.15, 0.2) is 95.2 Å². The summed E-state index contributed by atoms with van der Waals surface area (Å²) < 4.78 is 29.1. The van der Waals surface area contributed by atoms with Gasteiger partial charge in [-0.1, -0.05) is 85.6 Å². The molecule has 9 nitrogen and oxygen atoms in total. The smallest absolute Gasteiger partial charge is 0.244 e. The van der Waals surface area contributed by atoms with Crippen LogP contribution in [0, 0.1) is 0 Å². The Morgan fingerprint density at radius 1 is 0.825 bits per heavy atom. The first-order chi connectivity index (χ1) is 19.4. The summed E-state index contributed by atoms with van der Waals surface area (Å²) in [4.78, 5) is 29.0. The van der Waals surface area contributed by atoms with Gasteiger partial charge in [0.1, 0.15) is 6.04 Å². The molecule has 0 aliphatic carbocycles. The number of hydrogen-bond donors (Lipinski definition) is 4. The van der Waals surface area contributed by atoms with E-state index in [0.717, 1.165) is 16.7 Å². The van der Waals surface area contributed by atoms with Gasteiger partial charge in [0.2, 0.25) is 21.8 Å². The standard InChI is InChI=1S/C29H30N4O5S2/c34-27(32-36)15-9-3-8-14-25(28(35)31-29-30-26(20-39-29)23-12-6-2-7-13-23)33-40(37,38)24-18-16-22(17-19-24)21-10-4-1-5-11-21/h1-2,4-7,10-13,16-20,25,33,36H,3,8-9,14-15H2,(H,32,34)(H,30,31,35)/t25-/m0/s1. The van der Waals surface area contributed by atoms with Crippen LogP contribution in [0.25, 0.3) is 22.4 Å². The number of hydrogen-bond acceptors (Lipinski definition) is 7. The van der Waals surface area contributed by atoms with E-state index >= 15 is 0 Å². The van der Waals surface area contributed by atoms with Crippen molar-refractivity contribution < 1.29 is 23.2 Å². The molecular weight excluding hydrogens is 548 g/mol. The number of sulfonamides is 1. The van der Waals surface area contributed by atoms with Gasteiger partial charge in [0.25, 0.3) is 0 Å². The van der Waals surface area contributed by atoms with Gasteiger partial charge in [-0.15, -0.1) is 11.3 Å². The number of rotatable bonds is 13. The van der Waals surface area contributed by atoms with Crippen molar-refractivity contribution in [2.24, 2.45) is 0 Å². The summed E-state index contributed by atoms with van der Waals surface area (Å²) in [5.74, 6) is -1.02. The average Bonchev–Trinajstić information content (AvgIpc) is 3.45. The molecule has 0 unspecified atom stereocenters. The lowest BCUT2D eigenvalue weighted by Crippen LogP contribution is -2.43. The minimum Gasteiger partial charge on any atom is -0.301 e. The lowest BCUT2D eigenvalue weighted by atomic mass is 10.1. The molecule has 0 radical (unpaired) electrons. The third kappa shape index (κ3) is 8.06. The van der Waals surface area contributed by atoms with Gasteiger partial charge in [0.15, 0.2) is 5.13 Å². The van der Waals surface area contributed by atoms with Crippen LogP contribution in [0.2, 0.25) is 0 Å². The van der Waals surface area contributed by atoms with Gasteiger partial charge in [0, 0.05) is 17.4 Å². The first-order valence-electron chi connectivity index (χ1n) is 12.8. The van der Waals surface area contributed by atoms with Crippen molar-refractivity contribution in [2.45, 2.75) is 43.0 Å². The van der Waals surface area contributed by atoms with Gasteiger partial charge < -0.3 is 5.32 Å². The van der Waals surface area contributed by atoms with Gasteiger partial charge in [-0.2, -0.15) is 4.72 Å². The molecule has 0 fully saturated rings. The third-order valence-corrected chi connectivity index (χ3v) is 8.46. The number of carbonyl (C=O) groups excluding carboxylic acids is 2. The highest BCUT2D eigenvalue weighted by molar-refractivity contribution is 7.89. The van der Waals surface area contributed by atoms with Gasteiger partial charge in [-0.3, -0.25) is 14.8 Å². The fraction of sp³-hybridized carbons (Fsp3) is 0.207. The molecule has 0 bridgehead atoms. The Hall–Kier alpha value is -3.90. The maximum atomic E-state index is 13.3. The second-order valence-corrected chi connectivity index (χ2v) is 11.7. The fourth-order valence-corrected chi connectivity index (χ4v) is 6.04. The number of unbranched alkanes of at least 4 members (excludes halogenated alkanes) is 2. The van der Waals surface area contributed by atoms with Crippen LogP contribution >= 0.6 is 11.3 Å². The van der Waals surface area contributed by atoms with Crippen molar-refractivity contribution in [3.63, 3.8) is 0 Å². The molecule has 0 saturated heterocycles. The molecule has 1 aromatic heterocycles. The van der Waals surface area contributed by atoms with Gasteiger partial charge >= 0.3 is 0 Å². The number of nitrogens with zero attached hydrogens (tertiary/aromatic N) is 1. The molecule has 0 spiro atoms. The number of aromatic nitrogens is 1. The topological polar surface area (TPSA) is 137 Å². The normalized spacial score (nSPS) is 12.0.